The van der Waals surface area contributed by atoms with Crippen LogP contribution in [0.5, 0.6) is 5.75 Å². The lowest BCUT2D eigenvalue weighted by molar-refractivity contribution is 0.245. The summed E-state index contributed by atoms with van der Waals surface area (Å²) >= 11 is 2.95. The predicted molar refractivity (Wildman–Crippen MR) is 76.1 cm³/mol. The molecule has 0 aliphatic heterocycles. The Labute approximate surface area is 128 Å². The molecule has 21 heavy (non-hydrogen) atoms. The van der Waals surface area contributed by atoms with Crippen molar-refractivity contribution in [3.8, 4) is 5.75 Å². The van der Waals surface area contributed by atoms with Crippen LogP contribution in [0.4, 0.5) is 10.1 Å². The number of hydrogen-bond donors (Lipinski definition) is 2. The SMILES string of the molecule is COc1ccc(NS(=O)(=O)c2cc(CO)oc2Br)cc1F. The molecule has 114 valence electrons. The fraction of sp³-hybridized carbons (Fsp3) is 0.167. The summed E-state index contributed by atoms with van der Waals surface area (Å²) in [5.41, 5.74) is 0.0342. The normalized spacial score (nSPS) is 11.4. The van der Waals surface area contributed by atoms with Crippen LogP contribution in [0.15, 0.2) is 38.2 Å². The molecule has 1 aromatic carbocycles. The number of rotatable bonds is 5. The molecular weight excluding hydrogens is 369 g/mol. The number of nitrogens with one attached hydrogen (secondary N) is 1. The summed E-state index contributed by atoms with van der Waals surface area (Å²) < 4.78 is 49.8. The van der Waals surface area contributed by atoms with E-state index >= 15 is 0 Å². The zero-order chi connectivity index (χ0) is 15.6. The minimum absolute atomic E-state index is 0.00464. The highest BCUT2D eigenvalue weighted by Crippen LogP contribution is 2.29. The Morgan fingerprint density at radius 1 is 1.43 bits per heavy atom. The Bertz CT molecular complexity index is 759. The third-order valence-electron chi connectivity index (χ3n) is 2.56. The molecule has 2 aromatic rings. The molecule has 0 aliphatic rings. The van der Waals surface area contributed by atoms with Gasteiger partial charge in [-0.3, -0.25) is 4.72 Å². The highest BCUT2D eigenvalue weighted by molar-refractivity contribution is 9.10. The topological polar surface area (TPSA) is 88.8 Å². The second kappa shape index (κ2) is 6.04. The maximum Gasteiger partial charge on any atom is 0.266 e. The fourth-order valence-electron chi connectivity index (χ4n) is 1.60. The number of sulfonamides is 1. The number of furan rings is 1. The molecule has 1 aromatic heterocycles. The summed E-state index contributed by atoms with van der Waals surface area (Å²) in [5.74, 6) is -0.604. The lowest BCUT2D eigenvalue weighted by atomic mass is 10.3. The Balaban J connectivity index is 2.32. The second-order valence-electron chi connectivity index (χ2n) is 3.96. The number of ether oxygens (including phenoxy) is 1. The number of methoxy groups -OCH3 is 1. The molecule has 0 fully saturated rings. The zero-order valence-electron chi connectivity index (χ0n) is 10.8. The quantitative estimate of drug-likeness (QED) is 0.832. The van der Waals surface area contributed by atoms with Gasteiger partial charge in [-0.15, -0.1) is 0 Å². The van der Waals surface area contributed by atoms with Gasteiger partial charge in [0.1, 0.15) is 17.3 Å². The second-order valence-corrected chi connectivity index (χ2v) is 6.33. The molecule has 0 amide bonds. The standard InChI is InChI=1S/C12H11BrFNO5S/c1-19-10-3-2-7(4-9(10)14)15-21(17,18)11-5-8(6-16)20-12(11)13/h2-5,15-16H,6H2,1H3. The van der Waals surface area contributed by atoms with Gasteiger partial charge in [-0.05, 0) is 28.1 Å². The van der Waals surface area contributed by atoms with Crippen molar-refractivity contribution in [3.63, 3.8) is 0 Å². The highest BCUT2D eigenvalue weighted by atomic mass is 79.9. The van der Waals surface area contributed by atoms with Gasteiger partial charge < -0.3 is 14.3 Å². The number of aliphatic hydroxyl groups is 1. The van der Waals surface area contributed by atoms with Crippen LogP contribution in [0.3, 0.4) is 0 Å². The van der Waals surface area contributed by atoms with E-state index in [9.17, 15) is 12.8 Å². The predicted octanol–water partition coefficient (Wildman–Crippen LogP) is 2.48. The van der Waals surface area contributed by atoms with E-state index in [0.29, 0.717) is 0 Å². The van der Waals surface area contributed by atoms with Gasteiger partial charge in [-0.2, -0.15) is 0 Å². The van der Waals surface area contributed by atoms with Crippen molar-refractivity contribution in [2.24, 2.45) is 0 Å². The minimum Gasteiger partial charge on any atom is -0.494 e. The minimum atomic E-state index is -3.98. The van der Waals surface area contributed by atoms with Crippen molar-refractivity contribution >= 4 is 31.6 Å². The van der Waals surface area contributed by atoms with E-state index in [0.717, 1.165) is 6.07 Å². The van der Waals surface area contributed by atoms with Crippen LogP contribution >= 0.6 is 15.9 Å². The van der Waals surface area contributed by atoms with E-state index < -0.39 is 22.4 Å². The molecule has 1 heterocycles. The Morgan fingerprint density at radius 2 is 2.14 bits per heavy atom. The first-order valence-electron chi connectivity index (χ1n) is 5.63. The van der Waals surface area contributed by atoms with Crippen molar-refractivity contribution in [3.05, 3.63) is 40.5 Å². The molecule has 0 aliphatic carbocycles. The van der Waals surface area contributed by atoms with Crippen molar-refractivity contribution in [2.75, 3.05) is 11.8 Å². The van der Waals surface area contributed by atoms with Crippen molar-refractivity contribution in [1.82, 2.24) is 0 Å². The van der Waals surface area contributed by atoms with Crippen LogP contribution < -0.4 is 9.46 Å². The molecular formula is C12H11BrFNO5S. The average Bonchev–Trinajstić information content (AvgIpc) is 2.81. The lowest BCUT2D eigenvalue weighted by Crippen LogP contribution is -2.12. The van der Waals surface area contributed by atoms with E-state index in [1.54, 1.807) is 0 Å². The molecule has 0 atom stereocenters. The first-order chi connectivity index (χ1) is 9.87. The summed E-state index contributed by atoms with van der Waals surface area (Å²) in [4.78, 5) is -0.192. The molecule has 0 radical (unpaired) electrons. The number of anilines is 1. The Kier molecular flexibility index (Phi) is 4.55. The van der Waals surface area contributed by atoms with Crippen molar-refractivity contribution in [2.45, 2.75) is 11.5 Å². The van der Waals surface area contributed by atoms with Gasteiger partial charge in [0.05, 0.1) is 12.8 Å². The summed E-state index contributed by atoms with van der Waals surface area (Å²) in [6.45, 7) is -0.439. The van der Waals surface area contributed by atoms with Crippen LogP contribution in [-0.4, -0.2) is 20.6 Å². The van der Waals surface area contributed by atoms with Crippen LogP contribution in [-0.2, 0) is 16.6 Å². The number of benzene rings is 1. The van der Waals surface area contributed by atoms with Gasteiger partial charge in [0, 0.05) is 12.1 Å². The highest BCUT2D eigenvalue weighted by Gasteiger charge is 2.23. The van der Waals surface area contributed by atoms with E-state index in [-0.39, 0.29) is 26.8 Å². The van der Waals surface area contributed by atoms with Gasteiger partial charge in [0.2, 0.25) is 0 Å². The van der Waals surface area contributed by atoms with Crippen LogP contribution in [0, 0.1) is 5.82 Å². The van der Waals surface area contributed by atoms with Gasteiger partial charge in [0.15, 0.2) is 16.2 Å². The van der Waals surface area contributed by atoms with Gasteiger partial charge in [-0.1, -0.05) is 0 Å². The molecule has 0 spiro atoms. The van der Waals surface area contributed by atoms with Crippen LogP contribution in [0.2, 0.25) is 0 Å². The molecule has 2 rings (SSSR count). The lowest BCUT2D eigenvalue weighted by Gasteiger charge is -2.08. The monoisotopic (exact) mass is 379 g/mol. The largest absolute Gasteiger partial charge is 0.494 e. The molecule has 6 nitrogen and oxygen atoms in total. The first kappa shape index (κ1) is 15.8. The zero-order valence-corrected chi connectivity index (χ0v) is 13.2. The van der Waals surface area contributed by atoms with Gasteiger partial charge in [0.25, 0.3) is 10.0 Å². The summed E-state index contributed by atoms with van der Waals surface area (Å²) in [6, 6.07) is 4.83. The number of aliphatic hydroxyl groups excluding tert-OH is 1. The van der Waals surface area contributed by atoms with E-state index in [4.69, 9.17) is 14.3 Å². The van der Waals surface area contributed by atoms with E-state index in [1.807, 2.05) is 0 Å². The molecule has 9 heteroatoms. The van der Waals surface area contributed by atoms with Crippen molar-refractivity contribution in [1.29, 1.82) is 0 Å². The van der Waals surface area contributed by atoms with Gasteiger partial charge >= 0.3 is 0 Å². The first-order valence-corrected chi connectivity index (χ1v) is 7.90. The third kappa shape index (κ3) is 3.36. The van der Waals surface area contributed by atoms with Crippen molar-refractivity contribution < 1.29 is 27.1 Å². The van der Waals surface area contributed by atoms with E-state index in [2.05, 4.69) is 20.7 Å². The van der Waals surface area contributed by atoms with Crippen LogP contribution in [0.1, 0.15) is 5.76 Å². The smallest absolute Gasteiger partial charge is 0.266 e. The molecule has 0 saturated carbocycles. The number of hydrogen-bond acceptors (Lipinski definition) is 5. The molecule has 0 bridgehead atoms. The number of halogens is 2. The molecule has 2 N–H and O–H groups in total. The molecule has 0 unspecified atom stereocenters. The summed E-state index contributed by atoms with van der Waals surface area (Å²) in [6.07, 6.45) is 0. The van der Waals surface area contributed by atoms with E-state index in [1.165, 1.54) is 25.3 Å². The average molecular weight is 380 g/mol. The van der Waals surface area contributed by atoms with Gasteiger partial charge in [-0.25, -0.2) is 12.8 Å². The summed E-state index contributed by atoms with van der Waals surface area (Å²) in [5, 5.41) is 8.93. The fourth-order valence-corrected chi connectivity index (χ4v) is 3.65. The maximum absolute atomic E-state index is 13.5. The summed E-state index contributed by atoms with van der Waals surface area (Å²) in [7, 11) is -2.67. The van der Waals surface area contributed by atoms with Crippen LogP contribution in [0.25, 0.3) is 0 Å². The Morgan fingerprint density at radius 3 is 2.67 bits per heavy atom. The third-order valence-corrected chi connectivity index (χ3v) is 4.79. The maximum atomic E-state index is 13.5. The molecule has 0 saturated heterocycles. The Hall–Kier alpha value is -1.58.